The van der Waals surface area contributed by atoms with Gasteiger partial charge in [0.1, 0.15) is 6.10 Å². The van der Waals surface area contributed by atoms with E-state index in [1.165, 1.54) is 6.20 Å². The van der Waals surface area contributed by atoms with Crippen molar-refractivity contribution < 1.29 is 19.5 Å². The molecule has 1 fully saturated rings. The highest BCUT2D eigenvalue weighted by Gasteiger charge is 2.47. The summed E-state index contributed by atoms with van der Waals surface area (Å²) in [5.41, 5.74) is -1.35. The van der Waals surface area contributed by atoms with Crippen LogP contribution in [0, 0.1) is 0 Å². The first-order valence-corrected chi connectivity index (χ1v) is 15.7. The van der Waals surface area contributed by atoms with Crippen molar-refractivity contribution in [2.75, 3.05) is 6.61 Å². The predicted octanol–water partition coefficient (Wildman–Crippen LogP) is 5.89. The van der Waals surface area contributed by atoms with Crippen LogP contribution in [0.15, 0.2) is 21.9 Å². The zero-order chi connectivity index (χ0) is 27.9. The van der Waals surface area contributed by atoms with Crippen molar-refractivity contribution in [1.29, 1.82) is 0 Å². The lowest BCUT2D eigenvalue weighted by Gasteiger charge is -2.37. The van der Waals surface area contributed by atoms with E-state index in [4.69, 9.17) is 15.2 Å². The van der Waals surface area contributed by atoms with Crippen LogP contribution in [0.1, 0.15) is 82.7 Å². The Kier molecular flexibility index (Phi) is 11.8. The number of ether oxygens (including phenoxy) is 1. The molecule has 1 aliphatic heterocycles. The number of nitrogens with zero attached hydrogens (tertiary/aromatic N) is 2. The molecule has 1 N–H and O–H groups in total. The standard InChI is InChI=1S/C24H43FN3O5PS2/c1-15(2)28(16(3)4)34(31-14-10-12-24(8,9)36-35-17(5)6)33-21-18(7)32-22(20(21)25)27-13-11-19(29)26-23(27)30/h11,13,15-18,20-22H,10,12,14H2,1-9H3,(H,26,29,30)/t18-,20+,21?,22-,34?/m1/s1/i7D. The Hall–Kier alpha value is -0.420. The molecule has 1 saturated heterocycles. The van der Waals surface area contributed by atoms with E-state index in [1.54, 1.807) is 0 Å². The number of aromatic nitrogens is 2. The van der Waals surface area contributed by atoms with Crippen molar-refractivity contribution in [2.24, 2.45) is 0 Å². The molecule has 208 valence electrons. The van der Waals surface area contributed by atoms with E-state index in [2.05, 4.69) is 37.3 Å². The van der Waals surface area contributed by atoms with Gasteiger partial charge in [0.15, 0.2) is 12.4 Å². The molecule has 5 atom stereocenters. The van der Waals surface area contributed by atoms with Gasteiger partial charge in [-0.05, 0) is 61.3 Å². The van der Waals surface area contributed by atoms with Crippen LogP contribution in [0.25, 0.3) is 0 Å². The Balaban J connectivity index is 2.16. The summed E-state index contributed by atoms with van der Waals surface area (Å²) in [5.74, 6) is 0. The monoisotopic (exact) mass is 568 g/mol. The quantitative estimate of drug-likeness (QED) is 0.169. The maximum absolute atomic E-state index is 15.7. The number of nitrogens with one attached hydrogen (secondary N) is 1. The van der Waals surface area contributed by atoms with Crippen molar-refractivity contribution >= 4 is 30.1 Å². The summed E-state index contributed by atoms with van der Waals surface area (Å²) in [4.78, 5) is 25.8. The molecule has 0 saturated carbocycles. The van der Waals surface area contributed by atoms with Gasteiger partial charge in [-0.15, -0.1) is 0 Å². The third kappa shape index (κ3) is 9.10. The fourth-order valence-corrected chi connectivity index (χ4v) is 7.90. The largest absolute Gasteiger partial charge is 0.349 e. The fourth-order valence-electron chi connectivity index (χ4n) is 3.81. The molecule has 0 amide bonds. The molecular formula is C24H43FN3O5PS2. The highest BCUT2D eigenvalue weighted by atomic mass is 33.1. The maximum Gasteiger partial charge on any atom is 0.330 e. The van der Waals surface area contributed by atoms with Crippen LogP contribution < -0.4 is 11.2 Å². The summed E-state index contributed by atoms with van der Waals surface area (Å²) in [6, 6.07) is 1.29. The molecule has 1 aromatic rings. The number of hydrogen-bond donors (Lipinski definition) is 1. The summed E-state index contributed by atoms with van der Waals surface area (Å²) < 4.78 is 45.1. The number of rotatable bonds is 14. The smallest absolute Gasteiger partial charge is 0.330 e. The van der Waals surface area contributed by atoms with Crippen LogP contribution >= 0.6 is 30.1 Å². The van der Waals surface area contributed by atoms with E-state index in [9.17, 15) is 9.59 Å². The second-order valence-electron chi connectivity index (χ2n) is 10.3. The van der Waals surface area contributed by atoms with Gasteiger partial charge >= 0.3 is 5.69 Å². The van der Waals surface area contributed by atoms with Gasteiger partial charge in [-0.3, -0.25) is 14.3 Å². The van der Waals surface area contributed by atoms with Crippen molar-refractivity contribution in [1.82, 2.24) is 14.2 Å². The SMILES string of the molecule is [2H]C[C@H]1O[C@@H](n2ccc(=O)[nH]c2=O)[C@@H](F)C1OP(OCCCC(C)(C)SSC(C)C)N(C(C)C)C(C)C. The van der Waals surface area contributed by atoms with Gasteiger partial charge in [-0.2, -0.15) is 0 Å². The average molecular weight is 569 g/mol. The number of aromatic amines is 1. The molecular weight excluding hydrogens is 524 g/mol. The lowest BCUT2D eigenvalue weighted by Crippen LogP contribution is -2.38. The van der Waals surface area contributed by atoms with E-state index in [0.29, 0.717) is 11.9 Å². The molecule has 12 heteroatoms. The third-order valence-electron chi connectivity index (χ3n) is 5.44. The van der Waals surface area contributed by atoms with Gasteiger partial charge in [-0.25, -0.2) is 13.9 Å². The lowest BCUT2D eigenvalue weighted by molar-refractivity contribution is -0.0180. The van der Waals surface area contributed by atoms with Crippen LogP contribution in [0.4, 0.5) is 4.39 Å². The van der Waals surface area contributed by atoms with E-state index >= 15 is 4.39 Å². The van der Waals surface area contributed by atoms with Crippen molar-refractivity contribution in [2.45, 2.75) is 122 Å². The van der Waals surface area contributed by atoms with E-state index in [0.717, 1.165) is 23.5 Å². The molecule has 0 aliphatic carbocycles. The molecule has 0 radical (unpaired) electrons. The predicted molar refractivity (Wildman–Crippen MR) is 149 cm³/mol. The molecule has 0 bridgehead atoms. The second kappa shape index (κ2) is 14.1. The van der Waals surface area contributed by atoms with Gasteiger partial charge in [-0.1, -0.05) is 35.4 Å². The van der Waals surface area contributed by atoms with Crippen molar-refractivity contribution in [3.8, 4) is 0 Å². The molecule has 2 rings (SSSR count). The highest BCUT2D eigenvalue weighted by Crippen LogP contribution is 2.50. The minimum atomic E-state index is -1.72. The van der Waals surface area contributed by atoms with E-state index in [-0.39, 0.29) is 23.7 Å². The Morgan fingerprint density at radius 2 is 1.94 bits per heavy atom. The topological polar surface area (TPSA) is 85.8 Å². The zero-order valence-corrected chi connectivity index (χ0v) is 25.1. The Labute approximate surface area is 225 Å². The lowest BCUT2D eigenvalue weighted by atomic mass is 10.1. The van der Waals surface area contributed by atoms with Gasteiger partial charge in [0.2, 0.25) is 0 Å². The van der Waals surface area contributed by atoms with Crippen LogP contribution in [0.5, 0.6) is 0 Å². The fraction of sp³-hybridized carbons (Fsp3) is 0.833. The number of halogens is 1. The van der Waals surface area contributed by atoms with Crippen LogP contribution in [0.3, 0.4) is 0 Å². The van der Waals surface area contributed by atoms with Gasteiger partial charge in [0.25, 0.3) is 14.1 Å². The van der Waals surface area contributed by atoms with E-state index in [1.807, 2.05) is 49.3 Å². The average Bonchev–Trinajstić information content (AvgIpc) is 3.10. The molecule has 2 unspecified atom stereocenters. The van der Waals surface area contributed by atoms with Gasteiger partial charge < -0.3 is 13.8 Å². The number of H-pyrrole nitrogens is 1. The normalized spacial score (nSPS) is 24.3. The van der Waals surface area contributed by atoms with Crippen molar-refractivity contribution in [3.05, 3.63) is 33.1 Å². The minimum absolute atomic E-state index is 0.0769. The molecule has 2 heterocycles. The first kappa shape index (κ1) is 30.1. The number of alkyl halides is 1. The first-order chi connectivity index (χ1) is 17.3. The molecule has 0 spiro atoms. The molecule has 1 aliphatic rings. The summed E-state index contributed by atoms with van der Waals surface area (Å²) in [6.07, 6.45) is -2.04. The Bertz CT molecular complexity index is 943. The van der Waals surface area contributed by atoms with Gasteiger partial charge in [0, 0.05) is 35.7 Å². The first-order valence-electron chi connectivity index (χ1n) is 13.1. The molecule has 1 aromatic heterocycles. The summed E-state index contributed by atoms with van der Waals surface area (Å²) in [7, 11) is 2.08. The zero-order valence-electron chi connectivity index (χ0n) is 23.6. The van der Waals surface area contributed by atoms with Crippen molar-refractivity contribution in [3.63, 3.8) is 0 Å². The summed E-state index contributed by atoms with van der Waals surface area (Å²) in [5, 5.41) is 0.551. The highest BCUT2D eigenvalue weighted by molar-refractivity contribution is 8.77. The van der Waals surface area contributed by atoms with E-state index < -0.39 is 44.4 Å². The third-order valence-corrected chi connectivity index (χ3v) is 11.5. The molecule has 36 heavy (non-hydrogen) atoms. The van der Waals surface area contributed by atoms with Crippen LogP contribution in [-0.2, 0) is 13.8 Å². The number of hydrogen-bond acceptors (Lipinski definition) is 8. The Morgan fingerprint density at radius 3 is 2.50 bits per heavy atom. The second-order valence-corrected chi connectivity index (χ2v) is 15.2. The van der Waals surface area contributed by atoms with Crippen LogP contribution in [0.2, 0.25) is 0 Å². The Morgan fingerprint density at radius 1 is 1.28 bits per heavy atom. The summed E-state index contributed by atoms with van der Waals surface area (Å²) in [6.45, 7) is 17.2. The minimum Gasteiger partial charge on any atom is -0.349 e. The molecule has 8 nitrogen and oxygen atoms in total. The van der Waals surface area contributed by atoms with Gasteiger partial charge in [0.05, 0.1) is 12.7 Å². The molecule has 0 aromatic carbocycles. The summed E-state index contributed by atoms with van der Waals surface area (Å²) >= 11 is 0. The maximum atomic E-state index is 15.7. The van der Waals surface area contributed by atoms with Crippen LogP contribution in [-0.4, -0.2) is 61.3 Å².